The van der Waals surface area contributed by atoms with Gasteiger partial charge in [-0.15, -0.1) is 13.2 Å². The zero-order chi connectivity index (χ0) is 10.9. The van der Waals surface area contributed by atoms with Gasteiger partial charge in [0.15, 0.2) is 5.75 Å². The van der Waals surface area contributed by atoms with Crippen LogP contribution in [-0.2, 0) is 0 Å². The van der Waals surface area contributed by atoms with Crippen LogP contribution in [0.4, 0.5) is 17.6 Å². The lowest BCUT2D eigenvalue weighted by Crippen LogP contribution is -2.17. The topological polar surface area (TPSA) is 62.6 Å². The number of alkyl halides is 3. The molecule has 8 heteroatoms. The van der Waals surface area contributed by atoms with Crippen LogP contribution in [0.5, 0.6) is 17.2 Å². The van der Waals surface area contributed by atoms with Crippen LogP contribution in [0.15, 0.2) is 6.20 Å². The van der Waals surface area contributed by atoms with Gasteiger partial charge in [0, 0.05) is 0 Å². The van der Waals surface area contributed by atoms with Gasteiger partial charge in [0.1, 0.15) is 0 Å². The molecule has 0 aliphatic carbocycles. The molecule has 0 amide bonds. The standard InChI is InChI=1S/C6H3F4NO3/c7-5-3(13)4(2(12)1-11-5)14-6(8,9)10/h1,12-13H. The van der Waals surface area contributed by atoms with E-state index in [0.29, 0.717) is 6.20 Å². The van der Waals surface area contributed by atoms with Gasteiger partial charge in [0.2, 0.25) is 11.5 Å². The quantitative estimate of drug-likeness (QED) is 0.548. The van der Waals surface area contributed by atoms with E-state index in [2.05, 4.69) is 9.72 Å². The Bertz CT molecular complexity index is 352. The fourth-order valence-electron chi connectivity index (χ4n) is 0.669. The number of halogens is 4. The first-order valence-electron chi connectivity index (χ1n) is 3.13. The summed E-state index contributed by atoms with van der Waals surface area (Å²) in [5.41, 5.74) is 0. The Labute approximate surface area is 74.4 Å². The maximum Gasteiger partial charge on any atom is 0.573 e. The van der Waals surface area contributed by atoms with Crippen LogP contribution >= 0.6 is 0 Å². The average molecular weight is 213 g/mol. The Kier molecular flexibility index (Phi) is 2.37. The molecule has 2 N–H and O–H groups in total. The summed E-state index contributed by atoms with van der Waals surface area (Å²) in [7, 11) is 0. The van der Waals surface area contributed by atoms with E-state index >= 15 is 0 Å². The van der Waals surface area contributed by atoms with Crippen LogP contribution in [-0.4, -0.2) is 21.6 Å². The second kappa shape index (κ2) is 3.20. The van der Waals surface area contributed by atoms with E-state index < -0.39 is 29.6 Å². The molecule has 14 heavy (non-hydrogen) atoms. The molecule has 0 spiro atoms. The fraction of sp³-hybridized carbons (Fsp3) is 0.167. The van der Waals surface area contributed by atoms with E-state index in [0.717, 1.165) is 0 Å². The van der Waals surface area contributed by atoms with Crippen molar-refractivity contribution in [2.45, 2.75) is 6.36 Å². The molecular weight excluding hydrogens is 210 g/mol. The molecule has 1 aromatic heterocycles. The Hall–Kier alpha value is -1.73. The van der Waals surface area contributed by atoms with Gasteiger partial charge in [-0.2, -0.15) is 4.39 Å². The predicted molar refractivity (Wildman–Crippen MR) is 34.2 cm³/mol. The maximum atomic E-state index is 12.4. The minimum absolute atomic E-state index is 0.385. The highest BCUT2D eigenvalue weighted by molar-refractivity contribution is 5.47. The third kappa shape index (κ3) is 2.15. The number of rotatable bonds is 1. The van der Waals surface area contributed by atoms with Crippen molar-refractivity contribution in [2.24, 2.45) is 0 Å². The Morgan fingerprint density at radius 2 is 1.86 bits per heavy atom. The molecule has 0 radical (unpaired) electrons. The number of aromatic nitrogens is 1. The lowest BCUT2D eigenvalue weighted by Gasteiger charge is -2.10. The molecule has 78 valence electrons. The third-order valence-corrected chi connectivity index (χ3v) is 1.16. The highest BCUT2D eigenvalue weighted by Crippen LogP contribution is 2.39. The van der Waals surface area contributed by atoms with E-state index in [9.17, 15) is 17.6 Å². The van der Waals surface area contributed by atoms with Gasteiger partial charge in [-0.3, -0.25) is 0 Å². The smallest absolute Gasteiger partial charge is 0.503 e. The summed E-state index contributed by atoms with van der Waals surface area (Å²) in [5, 5.41) is 17.5. The van der Waals surface area contributed by atoms with Crippen molar-refractivity contribution in [3.63, 3.8) is 0 Å². The van der Waals surface area contributed by atoms with Crippen LogP contribution in [0.2, 0.25) is 0 Å². The number of hydrogen-bond donors (Lipinski definition) is 2. The molecule has 0 saturated heterocycles. The summed E-state index contributed by atoms with van der Waals surface area (Å²) in [4.78, 5) is 2.75. The second-order valence-corrected chi connectivity index (χ2v) is 2.16. The van der Waals surface area contributed by atoms with E-state index in [1.807, 2.05) is 0 Å². The minimum Gasteiger partial charge on any atom is -0.503 e. The lowest BCUT2D eigenvalue weighted by atomic mass is 10.4. The molecule has 1 heterocycles. The molecule has 0 bridgehead atoms. The van der Waals surface area contributed by atoms with Crippen molar-refractivity contribution in [3.8, 4) is 17.2 Å². The van der Waals surface area contributed by atoms with Crippen LogP contribution in [0, 0.1) is 5.95 Å². The van der Waals surface area contributed by atoms with Gasteiger partial charge >= 0.3 is 6.36 Å². The van der Waals surface area contributed by atoms with Crippen molar-refractivity contribution in [1.29, 1.82) is 0 Å². The van der Waals surface area contributed by atoms with E-state index in [1.54, 1.807) is 0 Å². The summed E-state index contributed by atoms with van der Waals surface area (Å²) >= 11 is 0. The summed E-state index contributed by atoms with van der Waals surface area (Å²) in [6, 6.07) is 0. The lowest BCUT2D eigenvalue weighted by molar-refractivity contribution is -0.275. The highest BCUT2D eigenvalue weighted by Gasteiger charge is 2.34. The maximum absolute atomic E-state index is 12.4. The summed E-state index contributed by atoms with van der Waals surface area (Å²) in [6.45, 7) is 0. The van der Waals surface area contributed by atoms with Crippen molar-refractivity contribution < 1.29 is 32.5 Å². The number of aromatic hydroxyl groups is 2. The molecule has 0 saturated carbocycles. The largest absolute Gasteiger partial charge is 0.573 e. The summed E-state index contributed by atoms with van der Waals surface area (Å²) in [5.74, 6) is -5.59. The van der Waals surface area contributed by atoms with Gasteiger partial charge in [-0.05, 0) is 0 Å². The second-order valence-electron chi connectivity index (χ2n) is 2.16. The van der Waals surface area contributed by atoms with Gasteiger partial charge in [0.05, 0.1) is 6.20 Å². The monoisotopic (exact) mass is 213 g/mol. The molecule has 1 rings (SSSR count). The minimum atomic E-state index is -5.14. The molecular formula is C6H3F4NO3. The van der Waals surface area contributed by atoms with E-state index in [4.69, 9.17) is 10.2 Å². The molecule has 0 aromatic carbocycles. The van der Waals surface area contributed by atoms with E-state index in [-0.39, 0.29) is 0 Å². The van der Waals surface area contributed by atoms with Crippen molar-refractivity contribution in [3.05, 3.63) is 12.1 Å². The first kappa shape index (κ1) is 10.4. The van der Waals surface area contributed by atoms with E-state index in [1.165, 1.54) is 0 Å². The molecule has 4 nitrogen and oxygen atoms in total. The molecule has 0 aliphatic heterocycles. The Morgan fingerprint density at radius 1 is 1.29 bits per heavy atom. The predicted octanol–water partition coefficient (Wildman–Crippen LogP) is 1.53. The summed E-state index contributed by atoms with van der Waals surface area (Å²) < 4.78 is 50.5. The first-order valence-corrected chi connectivity index (χ1v) is 3.13. The van der Waals surface area contributed by atoms with Crippen molar-refractivity contribution in [2.75, 3.05) is 0 Å². The Morgan fingerprint density at radius 3 is 2.36 bits per heavy atom. The molecule has 0 unspecified atom stereocenters. The number of pyridine rings is 1. The zero-order valence-electron chi connectivity index (χ0n) is 6.34. The first-order chi connectivity index (χ1) is 6.31. The molecule has 1 aromatic rings. The third-order valence-electron chi connectivity index (χ3n) is 1.16. The van der Waals surface area contributed by atoms with Crippen LogP contribution < -0.4 is 4.74 Å². The Balaban J connectivity index is 3.13. The number of nitrogens with zero attached hydrogens (tertiary/aromatic N) is 1. The SMILES string of the molecule is Oc1cnc(F)c(O)c1OC(F)(F)F. The number of ether oxygens (including phenoxy) is 1. The summed E-state index contributed by atoms with van der Waals surface area (Å²) in [6.07, 6.45) is -4.75. The number of hydrogen-bond acceptors (Lipinski definition) is 4. The van der Waals surface area contributed by atoms with Crippen LogP contribution in [0.25, 0.3) is 0 Å². The van der Waals surface area contributed by atoms with Crippen LogP contribution in [0.1, 0.15) is 0 Å². The zero-order valence-corrected chi connectivity index (χ0v) is 6.34. The highest BCUT2D eigenvalue weighted by atomic mass is 19.4. The van der Waals surface area contributed by atoms with Gasteiger partial charge in [0.25, 0.3) is 5.95 Å². The molecule has 0 atom stereocenters. The van der Waals surface area contributed by atoms with Crippen LogP contribution in [0.3, 0.4) is 0 Å². The molecule has 0 fully saturated rings. The van der Waals surface area contributed by atoms with Crippen molar-refractivity contribution >= 4 is 0 Å². The average Bonchev–Trinajstić information content (AvgIpc) is 2.04. The van der Waals surface area contributed by atoms with Gasteiger partial charge < -0.3 is 14.9 Å². The normalized spacial score (nSPS) is 11.4. The van der Waals surface area contributed by atoms with Gasteiger partial charge in [-0.1, -0.05) is 0 Å². The van der Waals surface area contributed by atoms with Gasteiger partial charge in [-0.25, -0.2) is 4.98 Å². The fourth-order valence-corrected chi connectivity index (χ4v) is 0.669. The molecule has 0 aliphatic rings. The van der Waals surface area contributed by atoms with Crippen molar-refractivity contribution in [1.82, 2.24) is 4.98 Å².